The predicted molar refractivity (Wildman–Crippen MR) is 121 cm³/mol. The van der Waals surface area contributed by atoms with Crippen molar-refractivity contribution >= 4 is 20.7 Å². The summed E-state index contributed by atoms with van der Waals surface area (Å²) in [6.45, 7) is 1.50. The van der Waals surface area contributed by atoms with Gasteiger partial charge in [-0.15, -0.1) is 0 Å². The summed E-state index contributed by atoms with van der Waals surface area (Å²) in [5, 5.41) is 13.9. The van der Waals surface area contributed by atoms with Gasteiger partial charge in [0.05, 0.1) is 22.8 Å². The third-order valence-corrected chi connectivity index (χ3v) is 7.91. The molecule has 0 unspecified atom stereocenters. The van der Waals surface area contributed by atoms with Crippen LogP contribution in [-0.2, 0) is 21.4 Å². The van der Waals surface area contributed by atoms with E-state index in [1.165, 1.54) is 25.4 Å². The molecule has 7 nitrogen and oxygen atoms in total. The number of pyridine rings is 2. The van der Waals surface area contributed by atoms with Crippen LogP contribution in [0.15, 0.2) is 59.9 Å². The van der Waals surface area contributed by atoms with Crippen molar-refractivity contribution in [3.8, 4) is 23.0 Å². The van der Waals surface area contributed by atoms with Crippen LogP contribution in [0.1, 0.15) is 31.0 Å². The number of sulfone groups is 1. The van der Waals surface area contributed by atoms with Crippen molar-refractivity contribution in [1.82, 2.24) is 19.7 Å². The minimum absolute atomic E-state index is 0.0140. The molecule has 0 N–H and O–H groups in total. The molecule has 0 aliphatic heterocycles. The van der Waals surface area contributed by atoms with Gasteiger partial charge in [0, 0.05) is 29.5 Å². The number of hydrogen-bond acceptors (Lipinski definition) is 6. The second-order valence-electron chi connectivity index (χ2n) is 8.42. The van der Waals surface area contributed by atoms with Crippen LogP contribution in [0, 0.1) is 11.3 Å². The highest BCUT2D eigenvalue weighted by Crippen LogP contribution is 2.47. The van der Waals surface area contributed by atoms with Crippen LogP contribution in [-0.4, -0.2) is 33.9 Å². The Labute approximate surface area is 198 Å². The molecule has 1 aromatic carbocycles. The number of nitriles is 1. The molecule has 1 aliphatic carbocycles. The first kappa shape index (κ1) is 23.0. The Morgan fingerprint density at radius 1 is 1.09 bits per heavy atom. The van der Waals surface area contributed by atoms with E-state index in [1.807, 2.05) is 24.3 Å². The van der Waals surface area contributed by atoms with Crippen LogP contribution in [0.5, 0.6) is 0 Å². The smallest absolute Gasteiger partial charge is 0.251 e. The SMILES string of the molecule is CCS(=O)(=O)c1cc(-c2ccc(C3(C#N)CC3)cc2)cnc1-n1cc2cnc(C(F)(F)F)cc2n1. The second-order valence-corrected chi connectivity index (χ2v) is 10.7. The molecule has 1 fully saturated rings. The van der Waals surface area contributed by atoms with Gasteiger partial charge in [-0.25, -0.2) is 18.1 Å². The van der Waals surface area contributed by atoms with Gasteiger partial charge in [0.25, 0.3) is 0 Å². The summed E-state index contributed by atoms with van der Waals surface area (Å²) >= 11 is 0. The highest BCUT2D eigenvalue weighted by Gasteiger charge is 2.44. The van der Waals surface area contributed by atoms with Crippen molar-refractivity contribution in [2.75, 3.05) is 5.75 Å². The van der Waals surface area contributed by atoms with Gasteiger partial charge in [-0.2, -0.15) is 23.5 Å². The molecular formula is C24H18F3N5O2S. The zero-order valence-corrected chi connectivity index (χ0v) is 19.2. The number of rotatable bonds is 5. The monoisotopic (exact) mass is 497 g/mol. The molecule has 0 radical (unpaired) electrons. The molecule has 0 atom stereocenters. The molecule has 0 spiro atoms. The van der Waals surface area contributed by atoms with E-state index in [0.29, 0.717) is 10.9 Å². The van der Waals surface area contributed by atoms with Crippen molar-refractivity contribution in [2.24, 2.45) is 0 Å². The van der Waals surface area contributed by atoms with Gasteiger partial charge in [0.2, 0.25) is 0 Å². The Morgan fingerprint density at radius 3 is 2.40 bits per heavy atom. The van der Waals surface area contributed by atoms with Crippen LogP contribution >= 0.6 is 0 Å². The summed E-state index contributed by atoms with van der Waals surface area (Å²) in [5.41, 5.74) is 0.684. The molecule has 3 aromatic heterocycles. The molecule has 0 amide bonds. The molecule has 35 heavy (non-hydrogen) atoms. The summed E-state index contributed by atoms with van der Waals surface area (Å²) in [6.07, 6.45) is 0.926. The van der Waals surface area contributed by atoms with Crippen LogP contribution in [0.25, 0.3) is 27.8 Å². The summed E-state index contributed by atoms with van der Waals surface area (Å²) in [4.78, 5) is 7.67. The number of aromatic nitrogens is 4. The third kappa shape index (κ3) is 4.04. The van der Waals surface area contributed by atoms with Crippen molar-refractivity contribution in [3.63, 3.8) is 0 Å². The zero-order valence-electron chi connectivity index (χ0n) is 18.4. The minimum atomic E-state index is -4.63. The molecule has 0 bridgehead atoms. The maximum atomic E-state index is 13.0. The predicted octanol–water partition coefficient (Wildman–Crippen LogP) is 4.85. The number of halogens is 3. The van der Waals surface area contributed by atoms with Gasteiger partial charge < -0.3 is 0 Å². The van der Waals surface area contributed by atoms with E-state index in [9.17, 15) is 26.9 Å². The lowest BCUT2D eigenvalue weighted by Crippen LogP contribution is -2.11. The average molecular weight is 498 g/mol. The van der Waals surface area contributed by atoms with Crippen molar-refractivity contribution in [1.29, 1.82) is 5.26 Å². The lowest BCUT2D eigenvalue weighted by atomic mass is 9.95. The lowest BCUT2D eigenvalue weighted by Gasteiger charge is -2.12. The molecular weight excluding hydrogens is 479 g/mol. The summed E-state index contributed by atoms with van der Waals surface area (Å²) < 4.78 is 66.1. The van der Waals surface area contributed by atoms with Gasteiger partial charge in [-0.1, -0.05) is 31.2 Å². The Hall–Kier alpha value is -3.78. The minimum Gasteiger partial charge on any atom is -0.251 e. The van der Waals surface area contributed by atoms with Crippen LogP contribution in [0.2, 0.25) is 0 Å². The fraction of sp³-hybridized carbons (Fsp3) is 0.250. The lowest BCUT2D eigenvalue weighted by molar-refractivity contribution is -0.141. The first-order chi connectivity index (χ1) is 16.6. The molecule has 4 aromatic rings. The molecule has 11 heteroatoms. The standard InChI is InChI=1S/C24H18F3N5O2S/c1-2-35(33,34)20-9-16(15-3-5-18(6-4-15)23(14-28)7-8-23)11-30-22(20)32-13-17-12-29-21(24(25,26)27)10-19(17)31-32/h3-6,9-13H,2,7-8H2,1H3. The Kier molecular flexibility index (Phi) is 5.18. The van der Waals surface area contributed by atoms with E-state index in [1.54, 1.807) is 0 Å². The van der Waals surface area contributed by atoms with Crippen LogP contribution < -0.4 is 0 Å². The number of nitrogens with zero attached hydrogens (tertiary/aromatic N) is 5. The van der Waals surface area contributed by atoms with Gasteiger partial charge in [0.1, 0.15) is 10.6 Å². The van der Waals surface area contributed by atoms with E-state index < -0.39 is 27.1 Å². The topological polar surface area (TPSA) is 102 Å². The first-order valence-electron chi connectivity index (χ1n) is 10.7. The van der Waals surface area contributed by atoms with Crippen molar-refractivity contribution in [3.05, 3.63) is 66.2 Å². The van der Waals surface area contributed by atoms with Crippen molar-refractivity contribution < 1.29 is 21.6 Å². The second kappa shape index (κ2) is 7.88. The molecule has 0 saturated heterocycles. The van der Waals surface area contributed by atoms with Crippen LogP contribution in [0.4, 0.5) is 13.2 Å². The van der Waals surface area contributed by atoms with Gasteiger partial charge >= 0.3 is 6.18 Å². The molecule has 5 rings (SSSR count). The number of hydrogen-bond donors (Lipinski definition) is 0. The fourth-order valence-corrected chi connectivity index (χ4v) is 4.95. The summed E-state index contributed by atoms with van der Waals surface area (Å²) in [7, 11) is -3.76. The van der Waals surface area contributed by atoms with Gasteiger partial charge in [-0.3, -0.25) is 4.98 Å². The largest absolute Gasteiger partial charge is 0.433 e. The Bertz CT molecular complexity index is 1600. The number of fused-ring (bicyclic) bond motifs is 1. The zero-order chi connectivity index (χ0) is 25.0. The van der Waals surface area contributed by atoms with Crippen LogP contribution in [0.3, 0.4) is 0 Å². The average Bonchev–Trinajstić information content (AvgIpc) is 3.54. The maximum absolute atomic E-state index is 13.0. The molecule has 3 heterocycles. The molecule has 1 saturated carbocycles. The maximum Gasteiger partial charge on any atom is 0.433 e. The normalized spacial score (nSPS) is 15.2. The fourth-order valence-electron chi connectivity index (χ4n) is 3.90. The van der Waals surface area contributed by atoms with E-state index in [-0.39, 0.29) is 22.0 Å². The molecule has 178 valence electrons. The number of benzene rings is 1. The highest BCUT2D eigenvalue weighted by molar-refractivity contribution is 7.91. The van der Waals surface area contributed by atoms with Crippen molar-refractivity contribution in [2.45, 2.75) is 36.3 Å². The first-order valence-corrected chi connectivity index (χ1v) is 12.4. The summed E-state index contributed by atoms with van der Waals surface area (Å²) in [6, 6.07) is 12.0. The van der Waals surface area contributed by atoms with E-state index in [4.69, 9.17) is 0 Å². The van der Waals surface area contributed by atoms with Gasteiger partial charge in [0.15, 0.2) is 15.7 Å². The Balaban J connectivity index is 1.59. The third-order valence-electron chi connectivity index (χ3n) is 6.18. The van der Waals surface area contributed by atoms with E-state index in [0.717, 1.165) is 40.9 Å². The number of alkyl halides is 3. The van der Waals surface area contributed by atoms with E-state index >= 15 is 0 Å². The summed E-state index contributed by atoms with van der Waals surface area (Å²) in [5.74, 6) is -0.214. The quantitative estimate of drug-likeness (QED) is 0.391. The van der Waals surface area contributed by atoms with E-state index in [2.05, 4.69) is 21.1 Å². The van der Waals surface area contributed by atoms with Gasteiger partial charge in [-0.05, 0) is 36.1 Å². The molecule has 1 aliphatic rings. The Morgan fingerprint density at radius 2 is 1.80 bits per heavy atom. The highest BCUT2D eigenvalue weighted by atomic mass is 32.2.